The van der Waals surface area contributed by atoms with E-state index in [1.54, 1.807) is 0 Å². The van der Waals surface area contributed by atoms with Crippen LogP contribution in [0.15, 0.2) is 311 Å². The first-order valence-electron chi connectivity index (χ1n) is 28.1. The zero-order valence-corrected chi connectivity index (χ0v) is 46.1. The summed E-state index contributed by atoms with van der Waals surface area (Å²) in [6.45, 7) is -0.0296. The third-order valence-electron chi connectivity index (χ3n) is 17.0. The van der Waals surface area contributed by atoms with E-state index in [0.29, 0.717) is 0 Å². The molecule has 0 spiro atoms. The van der Waals surface area contributed by atoms with Gasteiger partial charge in [0.25, 0.3) is 6.71 Å². The number of anilines is 12. The second-order valence-corrected chi connectivity index (χ2v) is 23.7. The van der Waals surface area contributed by atoms with Crippen molar-refractivity contribution in [3.8, 4) is 0 Å². The Bertz CT molecular complexity index is 4590. The minimum atomic E-state index is -0.0677. The summed E-state index contributed by atoms with van der Waals surface area (Å²) < 4.78 is 0. The van der Waals surface area contributed by atoms with Crippen LogP contribution in [0.3, 0.4) is 0 Å². The van der Waals surface area contributed by atoms with E-state index in [9.17, 15) is 0 Å². The predicted octanol–water partition coefficient (Wildman–Crippen LogP) is 16.5. The van der Waals surface area contributed by atoms with Crippen molar-refractivity contribution < 1.29 is 0 Å². The predicted molar refractivity (Wildman–Crippen MR) is 351 cm³/mol. The molecular formula is C74H48B2N4S2. The number of hydrogen-bond acceptors (Lipinski definition) is 6. The number of rotatable bonds is 8. The highest BCUT2D eigenvalue weighted by Crippen LogP contribution is 2.51. The first-order chi connectivity index (χ1) is 40.7. The van der Waals surface area contributed by atoms with Gasteiger partial charge in [-0.05, 0) is 165 Å². The van der Waals surface area contributed by atoms with Gasteiger partial charge in [-0.15, -0.1) is 0 Å². The molecule has 0 fully saturated rings. The van der Waals surface area contributed by atoms with Gasteiger partial charge in [-0.2, -0.15) is 0 Å². The molecular weight excluding hydrogens is 1030 g/mol. The summed E-state index contributed by atoms with van der Waals surface area (Å²) in [5.41, 5.74) is 21.9. The highest BCUT2D eigenvalue weighted by molar-refractivity contribution is 8.01. The molecule has 13 aromatic rings. The summed E-state index contributed by atoms with van der Waals surface area (Å²) in [5.74, 6) is 0. The molecule has 0 amide bonds. The molecule has 0 aliphatic carbocycles. The lowest BCUT2D eigenvalue weighted by Gasteiger charge is -2.45. The molecule has 0 saturated heterocycles. The van der Waals surface area contributed by atoms with Crippen LogP contribution in [0.2, 0.25) is 0 Å². The van der Waals surface area contributed by atoms with Gasteiger partial charge in [0, 0.05) is 87.5 Å². The van der Waals surface area contributed by atoms with Crippen molar-refractivity contribution in [2.24, 2.45) is 0 Å². The van der Waals surface area contributed by atoms with Gasteiger partial charge in [-0.3, -0.25) is 0 Å². The average Bonchev–Trinajstić information content (AvgIpc) is 1.38. The zero-order valence-electron chi connectivity index (χ0n) is 44.5. The van der Waals surface area contributed by atoms with Crippen molar-refractivity contribution in [1.82, 2.24) is 0 Å². The van der Waals surface area contributed by atoms with Gasteiger partial charge in [-0.1, -0.05) is 198 Å². The number of hydrogen-bond donors (Lipinski definition) is 0. The maximum Gasteiger partial charge on any atom is 0.252 e. The Morgan fingerprint density at radius 3 is 1.37 bits per heavy atom. The Labute approximate surface area is 486 Å². The van der Waals surface area contributed by atoms with E-state index in [4.69, 9.17) is 0 Å². The molecule has 13 aromatic carbocycles. The molecule has 8 heteroatoms. The molecule has 4 aliphatic heterocycles. The van der Waals surface area contributed by atoms with Crippen LogP contribution < -0.4 is 52.4 Å². The summed E-state index contributed by atoms with van der Waals surface area (Å²) in [5, 5.41) is 4.90. The van der Waals surface area contributed by atoms with Gasteiger partial charge in [0.15, 0.2) is 0 Å². The smallest absolute Gasteiger partial charge is 0.252 e. The first kappa shape index (κ1) is 47.2. The summed E-state index contributed by atoms with van der Waals surface area (Å²) >= 11 is 3.88. The van der Waals surface area contributed by atoms with Crippen molar-refractivity contribution >= 4 is 160 Å². The standard InChI is InChI=1S/C74H48B2N4S2/c1-7-23-51(24-8-1)77(52-25-9-2-10-26-52)57-39-41-59-49(43-57)45-67-71-73(59)80(56-33-17-6-18-34-56)65-37-21-19-35-61(65)75(71)63-47-64-69(48-66(63)79(67)55-31-15-5-16-32-55)81-70-46-50-44-58(78(53-27-11-3-12-28-53)54-29-13-4-14-30-54)40-42-60(50)74-72(70)76(64)62-36-20-22-38-68(62)82-74/h1-48H. The van der Waals surface area contributed by atoms with Crippen molar-refractivity contribution in [2.45, 2.75) is 19.6 Å². The largest absolute Gasteiger partial charge is 0.311 e. The maximum absolute atomic E-state index is 2.64. The van der Waals surface area contributed by atoms with Gasteiger partial charge in [0.1, 0.15) is 0 Å². The summed E-state index contributed by atoms with van der Waals surface area (Å²) in [4.78, 5) is 15.2. The second kappa shape index (κ2) is 19.0. The van der Waals surface area contributed by atoms with Gasteiger partial charge in [0.05, 0.1) is 5.69 Å². The van der Waals surface area contributed by atoms with Gasteiger partial charge in [-0.25, -0.2) is 0 Å². The fourth-order valence-electron chi connectivity index (χ4n) is 13.6. The number of para-hydroxylation sites is 7. The molecule has 4 nitrogen and oxygen atoms in total. The summed E-state index contributed by atoms with van der Waals surface area (Å²) in [7, 11) is 0. The zero-order chi connectivity index (χ0) is 53.8. The van der Waals surface area contributed by atoms with E-state index in [2.05, 4.69) is 311 Å². The fourth-order valence-corrected chi connectivity index (χ4v) is 16.2. The summed E-state index contributed by atoms with van der Waals surface area (Å²) in [6, 6.07) is 108. The van der Waals surface area contributed by atoms with Crippen LogP contribution >= 0.6 is 23.5 Å². The molecule has 4 heterocycles. The Hall–Kier alpha value is -9.59. The summed E-state index contributed by atoms with van der Waals surface area (Å²) in [6.07, 6.45) is 0. The molecule has 0 bridgehead atoms. The van der Waals surface area contributed by atoms with Crippen LogP contribution in [0.25, 0.3) is 21.5 Å². The van der Waals surface area contributed by atoms with E-state index in [-0.39, 0.29) is 13.4 Å². The molecule has 0 atom stereocenters. The number of nitrogens with zero attached hydrogens (tertiary/aromatic N) is 4. The van der Waals surface area contributed by atoms with Crippen molar-refractivity contribution in [2.75, 3.05) is 19.6 Å². The Kier molecular flexibility index (Phi) is 11.0. The van der Waals surface area contributed by atoms with Crippen LogP contribution in [0.1, 0.15) is 0 Å². The average molecular weight is 1080 g/mol. The Balaban J connectivity index is 0.915. The third-order valence-corrected chi connectivity index (χ3v) is 19.4. The topological polar surface area (TPSA) is 13.0 Å². The minimum absolute atomic E-state index is 0.0381. The molecule has 0 aromatic heterocycles. The quantitative estimate of drug-likeness (QED) is 0.140. The first-order valence-corrected chi connectivity index (χ1v) is 29.8. The minimum Gasteiger partial charge on any atom is -0.311 e. The van der Waals surface area contributed by atoms with E-state index >= 15 is 0 Å². The number of benzene rings is 13. The molecule has 0 N–H and O–H groups in total. The fraction of sp³-hybridized carbons (Fsp3) is 0. The normalized spacial score (nSPS) is 13.2. The highest BCUT2D eigenvalue weighted by atomic mass is 32.2. The van der Waals surface area contributed by atoms with E-state index in [0.717, 1.165) is 45.5 Å². The monoisotopic (exact) mass is 1080 g/mol. The van der Waals surface area contributed by atoms with E-state index < -0.39 is 0 Å². The molecule has 4 aliphatic rings. The Morgan fingerprint density at radius 2 is 0.768 bits per heavy atom. The lowest BCUT2D eigenvalue weighted by Crippen LogP contribution is -2.64. The van der Waals surface area contributed by atoms with Crippen LogP contribution in [0.4, 0.5) is 68.2 Å². The van der Waals surface area contributed by atoms with Crippen LogP contribution in [-0.2, 0) is 0 Å². The lowest BCUT2D eigenvalue weighted by molar-refractivity contribution is 1.25. The molecule has 0 unspecified atom stereocenters. The van der Waals surface area contributed by atoms with Gasteiger partial charge >= 0.3 is 0 Å². The van der Waals surface area contributed by atoms with Crippen LogP contribution in [0, 0.1) is 0 Å². The lowest BCUT2D eigenvalue weighted by atomic mass is 9.31. The van der Waals surface area contributed by atoms with Gasteiger partial charge in [0.2, 0.25) is 6.71 Å². The number of fused-ring (bicyclic) bond motifs is 12. The van der Waals surface area contributed by atoms with E-state index in [1.165, 1.54) is 96.7 Å². The molecule has 0 radical (unpaired) electrons. The van der Waals surface area contributed by atoms with E-state index in [1.807, 2.05) is 23.5 Å². The maximum atomic E-state index is 2.64. The van der Waals surface area contributed by atoms with Crippen LogP contribution in [-0.4, -0.2) is 13.4 Å². The van der Waals surface area contributed by atoms with Crippen LogP contribution in [0.5, 0.6) is 0 Å². The SMILES string of the molecule is c1ccc(N(c2ccccc2)c2ccc3c4c5c(cc3c2)Sc2cc3c(cc2B5c2ccccc2S4)B2c4ccccc4N(c4ccccc4)c4c2c(cc2cc(N(c5ccccc5)c5ccccc5)ccc42)N3c2ccccc2)cc1. The third kappa shape index (κ3) is 7.38. The second-order valence-electron chi connectivity index (χ2n) is 21.6. The van der Waals surface area contributed by atoms with Gasteiger partial charge < -0.3 is 19.6 Å². The Morgan fingerprint density at radius 1 is 0.280 bits per heavy atom. The molecule has 17 rings (SSSR count). The van der Waals surface area contributed by atoms with Crippen molar-refractivity contribution in [3.63, 3.8) is 0 Å². The highest BCUT2D eigenvalue weighted by Gasteiger charge is 2.47. The van der Waals surface area contributed by atoms with Crippen molar-refractivity contribution in [1.29, 1.82) is 0 Å². The molecule has 382 valence electrons. The van der Waals surface area contributed by atoms with Crippen molar-refractivity contribution in [3.05, 3.63) is 291 Å². The molecule has 82 heavy (non-hydrogen) atoms. The molecule has 0 saturated carbocycles.